The number of aromatic nitrogens is 3. The number of alkyl carbamates (subject to hydrolysis) is 1. The van der Waals surface area contributed by atoms with Crippen molar-refractivity contribution in [1.82, 2.24) is 20.3 Å². The van der Waals surface area contributed by atoms with Crippen molar-refractivity contribution >= 4 is 52.9 Å². The maximum atomic E-state index is 12.1. The van der Waals surface area contributed by atoms with E-state index in [1.165, 1.54) is 11.8 Å². The van der Waals surface area contributed by atoms with Crippen LogP contribution >= 0.6 is 23.4 Å². The monoisotopic (exact) mass is 591 g/mol. The molecular weight excluding hydrogens is 554 g/mol. The molecule has 0 atom stereocenters. The molecule has 2 aliphatic heterocycles. The van der Waals surface area contributed by atoms with Crippen LogP contribution in [-0.2, 0) is 9.53 Å². The molecule has 0 spiro atoms. The molecule has 4 N–H and O–H groups in total. The van der Waals surface area contributed by atoms with Crippen molar-refractivity contribution < 1.29 is 19.4 Å². The van der Waals surface area contributed by atoms with Crippen molar-refractivity contribution in [2.75, 3.05) is 48.3 Å². The van der Waals surface area contributed by atoms with Gasteiger partial charge in [-0.05, 0) is 57.9 Å². The average Bonchev–Trinajstić information content (AvgIpc) is 2.89. The van der Waals surface area contributed by atoms with E-state index in [9.17, 15) is 14.7 Å². The molecule has 2 saturated heterocycles. The molecule has 40 heavy (non-hydrogen) atoms. The Bertz CT molecular complexity index is 1230. The fourth-order valence-corrected chi connectivity index (χ4v) is 5.94. The van der Waals surface area contributed by atoms with Gasteiger partial charge in [0.2, 0.25) is 0 Å². The minimum atomic E-state index is -0.755. The number of carboxylic acid groups (broad SMARTS) is 1. The molecule has 0 aliphatic carbocycles. The van der Waals surface area contributed by atoms with Crippen LogP contribution in [0.3, 0.4) is 0 Å². The predicted octanol–water partition coefficient (Wildman–Crippen LogP) is 4.69. The summed E-state index contributed by atoms with van der Waals surface area (Å²) in [6.07, 6.45) is 5.88. The average molecular weight is 592 g/mol. The van der Waals surface area contributed by atoms with Crippen LogP contribution in [0.25, 0.3) is 0 Å². The van der Waals surface area contributed by atoms with E-state index in [0.29, 0.717) is 60.0 Å². The highest BCUT2D eigenvalue weighted by Crippen LogP contribution is 2.40. The van der Waals surface area contributed by atoms with Gasteiger partial charge in [0.1, 0.15) is 22.3 Å². The lowest BCUT2D eigenvalue weighted by molar-refractivity contribution is -0.142. The van der Waals surface area contributed by atoms with Crippen molar-refractivity contribution in [3.8, 4) is 0 Å². The topological polar surface area (TPSA) is 147 Å². The highest BCUT2D eigenvalue weighted by molar-refractivity contribution is 7.99. The fourth-order valence-electron chi connectivity index (χ4n) is 4.82. The predicted molar refractivity (Wildman–Crippen MR) is 156 cm³/mol. The third-order valence-corrected chi connectivity index (χ3v) is 8.84. The van der Waals surface area contributed by atoms with Crippen LogP contribution in [0, 0.1) is 11.3 Å². The van der Waals surface area contributed by atoms with Gasteiger partial charge in [-0.1, -0.05) is 30.3 Å². The number of rotatable bonds is 7. The number of nitrogens with two attached hydrogens (primary N) is 1. The summed E-state index contributed by atoms with van der Waals surface area (Å²) in [4.78, 5) is 42.0. The second-order valence-corrected chi connectivity index (χ2v) is 13.1. The lowest BCUT2D eigenvalue weighted by atomic mass is 9.80. The molecule has 2 aromatic rings. The maximum absolute atomic E-state index is 12.1. The normalized spacial score (nSPS) is 17.9. The highest BCUT2D eigenvalue weighted by Gasteiger charge is 2.32. The summed E-state index contributed by atoms with van der Waals surface area (Å²) in [7, 11) is 0. The maximum Gasteiger partial charge on any atom is 0.407 e. The van der Waals surface area contributed by atoms with Crippen LogP contribution in [-0.4, -0.2) is 70.4 Å². The third kappa shape index (κ3) is 7.60. The molecule has 0 aromatic carbocycles. The number of nitrogens with one attached hydrogen (secondary N) is 1. The van der Waals surface area contributed by atoms with Gasteiger partial charge in [-0.15, -0.1) is 0 Å². The smallest absolute Gasteiger partial charge is 0.407 e. The largest absolute Gasteiger partial charge is 0.481 e. The quantitative estimate of drug-likeness (QED) is 0.412. The minimum Gasteiger partial charge on any atom is -0.481 e. The van der Waals surface area contributed by atoms with Gasteiger partial charge in [-0.25, -0.2) is 19.7 Å². The number of carbonyl (C=O) groups excluding carboxylic acids is 1. The minimum absolute atomic E-state index is 0.0408. The number of carboxylic acids is 1. The van der Waals surface area contributed by atoms with Crippen LogP contribution in [0.15, 0.2) is 28.4 Å². The molecule has 0 radical (unpaired) electrons. The van der Waals surface area contributed by atoms with Crippen molar-refractivity contribution in [2.24, 2.45) is 11.3 Å². The number of piperidine rings is 2. The third-order valence-electron chi connectivity index (χ3n) is 7.29. The van der Waals surface area contributed by atoms with Gasteiger partial charge in [-0.3, -0.25) is 4.79 Å². The van der Waals surface area contributed by atoms with Gasteiger partial charge < -0.3 is 30.7 Å². The number of halogens is 1. The van der Waals surface area contributed by atoms with E-state index in [-0.39, 0.29) is 11.3 Å². The van der Waals surface area contributed by atoms with E-state index in [4.69, 9.17) is 22.1 Å². The SMILES string of the molecule is CC1(CNC(=O)OC(C)(C)C)CCN(c2cnc(Sc3ccnc(N4CCC(C(=O)O)CC4)c3Cl)c(N)n2)CC1. The van der Waals surface area contributed by atoms with E-state index in [0.717, 1.165) is 30.8 Å². The molecule has 218 valence electrons. The Labute approximate surface area is 244 Å². The molecule has 1 amide bonds. The van der Waals surface area contributed by atoms with Crippen LogP contribution < -0.4 is 20.9 Å². The number of pyridine rings is 1. The number of hydrogen-bond donors (Lipinski definition) is 3. The Kier molecular flexibility index (Phi) is 9.19. The second-order valence-electron chi connectivity index (χ2n) is 11.7. The lowest BCUT2D eigenvalue weighted by Gasteiger charge is -2.40. The second kappa shape index (κ2) is 12.3. The summed E-state index contributed by atoms with van der Waals surface area (Å²) in [5.41, 5.74) is 5.76. The van der Waals surface area contributed by atoms with Crippen LogP contribution in [0.2, 0.25) is 5.02 Å². The molecule has 2 aromatic heterocycles. The number of ether oxygens (including phenoxy) is 1. The van der Waals surface area contributed by atoms with Gasteiger partial charge >= 0.3 is 12.1 Å². The Morgan fingerprint density at radius 2 is 1.88 bits per heavy atom. The summed E-state index contributed by atoms with van der Waals surface area (Å²) < 4.78 is 5.36. The van der Waals surface area contributed by atoms with Gasteiger partial charge in [0, 0.05) is 43.8 Å². The van der Waals surface area contributed by atoms with Crippen molar-refractivity contribution in [1.29, 1.82) is 0 Å². The number of amides is 1. The molecule has 2 fully saturated rings. The summed E-state index contributed by atoms with van der Waals surface area (Å²) in [5, 5.41) is 13.2. The molecule has 0 saturated carbocycles. The van der Waals surface area contributed by atoms with Gasteiger partial charge in [0.05, 0.1) is 17.1 Å². The number of nitrogens with zero attached hydrogens (tertiary/aromatic N) is 5. The Morgan fingerprint density at radius 3 is 2.48 bits per heavy atom. The van der Waals surface area contributed by atoms with Crippen molar-refractivity contribution in [3.05, 3.63) is 23.5 Å². The van der Waals surface area contributed by atoms with Crippen LogP contribution in [0.4, 0.5) is 22.2 Å². The summed E-state index contributed by atoms with van der Waals surface area (Å²) in [6, 6.07) is 1.81. The molecular formula is C27H38ClN7O4S. The van der Waals surface area contributed by atoms with E-state index in [1.54, 1.807) is 12.4 Å². The molecule has 13 heteroatoms. The van der Waals surface area contributed by atoms with Crippen LogP contribution in [0.1, 0.15) is 53.4 Å². The van der Waals surface area contributed by atoms with Crippen molar-refractivity contribution in [2.45, 2.75) is 68.9 Å². The first kappa shape index (κ1) is 30.0. The van der Waals surface area contributed by atoms with Crippen LogP contribution in [0.5, 0.6) is 0 Å². The van der Waals surface area contributed by atoms with E-state index in [2.05, 4.69) is 32.1 Å². The zero-order valence-corrected chi connectivity index (χ0v) is 25.0. The first-order valence-corrected chi connectivity index (χ1v) is 14.7. The summed E-state index contributed by atoms with van der Waals surface area (Å²) in [5.74, 6) is 0.583. The molecule has 0 bridgehead atoms. The fraction of sp³-hybridized carbons (Fsp3) is 0.593. The molecule has 11 nitrogen and oxygen atoms in total. The molecule has 0 unspecified atom stereocenters. The highest BCUT2D eigenvalue weighted by atomic mass is 35.5. The standard InChI is InChI=1S/C27H38ClN7O4S/c1-26(2,3)39-25(38)32-16-27(4)8-13-34(14-9-27)19-15-31-23(21(29)33-19)40-18-5-10-30-22(20(18)28)35-11-6-17(7-12-35)24(36)37/h5,10,15,17H,6-9,11-14,16H2,1-4H3,(H2,29,33)(H,32,38)(H,36,37). The molecule has 4 rings (SSSR count). The van der Waals surface area contributed by atoms with E-state index < -0.39 is 17.7 Å². The Balaban J connectivity index is 1.35. The van der Waals surface area contributed by atoms with Gasteiger partial charge in [-0.2, -0.15) is 0 Å². The number of nitrogen functional groups attached to an aromatic ring is 1. The lowest BCUT2D eigenvalue weighted by Crippen LogP contribution is -2.46. The van der Waals surface area contributed by atoms with Crippen molar-refractivity contribution in [3.63, 3.8) is 0 Å². The Morgan fingerprint density at radius 1 is 1.20 bits per heavy atom. The van der Waals surface area contributed by atoms with Gasteiger partial charge in [0.25, 0.3) is 0 Å². The first-order chi connectivity index (χ1) is 18.8. The summed E-state index contributed by atoms with van der Waals surface area (Å²) >= 11 is 8.06. The van der Waals surface area contributed by atoms with Gasteiger partial charge in [0.15, 0.2) is 5.82 Å². The number of carbonyl (C=O) groups is 2. The summed E-state index contributed by atoms with van der Waals surface area (Å²) in [6.45, 7) is 11.0. The number of aliphatic carboxylic acids is 1. The zero-order valence-electron chi connectivity index (χ0n) is 23.4. The molecule has 2 aliphatic rings. The molecule has 4 heterocycles. The van der Waals surface area contributed by atoms with E-state index >= 15 is 0 Å². The first-order valence-electron chi connectivity index (χ1n) is 13.5. The zero-order chi connectivity index (χ0) is 29.1. The number of hydrogen-bond acceptors (Lipinski definition) is 10. The van der Waals surface area contributed by atoms with E-state index in [1.807, 2.05) is 31.7 Å². The Hall–Kier alpha value is -2.99. The number of anilines is 3.